The molecule has 0 aromatic carbocycles. The molecule has 0 bridgehead atoms. The van der Waals surface area contributed by atoms with Crippen LogP contribution in [0.5, 0.6) is 5.75 Å². The van der Waals surface area contributed by atoms with Crippen LogP contribution in [0.15, 0.2) is 30.4 Å². The summed E-state index contributed by atoms with van der Waals surface area (Å²) in [5, 5.41) is 16.7. The van der Waals surface area contributed by atoms with Crippen LogP contribution in [0.3, 0.4) is 0 Å². The molecule has 0 aliphatic carbocycles. The smallest absolute Gasteiger partial charge is 0.274 e. The van der Waals surface area contributed by atoms with E-state index in [1.807, 2.05) is 12.1 Å². The lowest BCUT2D eigenvalue weighted by Gasteiger charge is -2.11. The minimum absolute atomic E-state index is 0.451. The van der Waals surface area contributed by atoms with Crippen LogP contribution in [0.4, 0.5) is 0 Å². The van der Waals surface area contributed by atoms with Gasteiger partial charge in [0.25, 0.3) is 6.20 Å². The summed E-state index contributed by atoms with van der Waals surface area (Å²) in [7, 11) is 1.63. The van der Waals surface area contributed by atoms with Crippen LogP contribution in [0.25, 0.3) is 0 Å². The van der Waals surface area contributed by atoms with Gasteiger partial charge in [-0.3, -0.25) is 15.1 Å². The van der Waals surface area contributed by atoms with Gasteiger partial charge in [0.1, 0.15) is 5.75 Å². The maximum absolute atomic E-state index is 10.6. The highest BCUT2D eigenvalue weighted by molar-refractivity contribution is 7.98. The van der Waals surface area contributed by atoms with Crippen LogP contribution in [0, 0.1) is 10.1 Å². The minimum Gasteiger partial charge on any atom is -0.495 e. The highest BCUT2D eigenvalue weighted by Gasteiger charge is 2.04. The minimum atomic E-state index is -0.451. The van der Waals surface area contributed by atoms with Crippen molar-refractivity contribution in [2.24, 2.45) is 0 Å². The molecule has 0 radical (unpaired) electrons. The second-order valence-corrected chi connectivity index (χ2v) is 5.85. The predicted octanol–water partition coefficient (Wildman–Crippen LogP) is 2.38. The number of ether oxygens (including phenoxy) is 1. The van der Waals surface area contributed by atoms with E-state index in [9.17, 15) is 10.1 Å². The number of nitrogens with zero attached hydrogens (tertiary/aromatic N) is 2. The number of nitro groups is 1. The van der Waals surface area contributed by atoms with E-state index in [0.29, 0.717) is 12.4 Å². The van der Waals surface area contributed by atoms with Crippen LogP contribution in [-0.4, -0.2) is 35.9 Å². The van der Waals surface area contributed by atoms with E-state index in [1.54, 1.807) is 25.1 Å². The normalized spacial score (nSPS) is 11.1. The Morgan fingerprint density at radius 1 is 1.48 bits per heavy atom. The molecular formula is C15H24N4O3S. The third-order valence-electron chi connectivity index (χ3n) is 2.95. The molecule has 1 aromatic heterocycles. The van der Waals surface area contributed by atoms with E-state index >= 15 is 0 Å². The molecule has 1 rings (SSSR count). The molecule has 0 aliphatic rings. The van der Waals surface area contributed by atoms with E-state index in [4.69, 9.17) is 4.74 Å². The second-order valence-electron chi connectivity index (χ2n) is 4.74. The molecule has 1 aromatic rings. The lowest BCUT2D eigenvalue weighted by Crippen LogP contribution is -2.29. The van der Waals surface area contributed by atoms with Crippen molar-refractivity contribution in [2.45, 2.75) is 25.5 Å². The fourth-order valence-corrected chi connectivity index (χ4v) is 2.60. The van der Waals surface area contributed by atoms with Crippen molar-refractivity contribution in [3.05, 3.63) is 46.2 Å². The van der Waals surface area contributed by atoms with Crippen molar-refractivity contribution in [3.8, 4) is 5.75 Å². The van der Waals surface area contributed by atoms with Crippen molar-refractivity contribution < 1.29 is 9.66 Å². The summed E-state index contributed by atoms with van der Waals surface area (Å²) in [5.41, 5.74) is 0.905. The molecule has 0 saturated carbocycles. The summed E-state index contributed by atoms with van der Waals surface area (Å²) in [6.07, 6.45) is 4.74. The summed E-state index contributed by atoms with van der Waals surface area (Å²) in [4.78, 5) is 14.4. The molecule has 8 heteroatoms. The van der Waals surface area contributed by atoms with Crippen molar-refractivity contribution in [1.29, 1.82) is 0 Å². The van der Waals surface area contributed by atoms with Gasteiger partial charge in [-0.25, -0.2) is 0 Å². The largest absolute Gasteiger partial charge is 0.495 e. The Balaban J connectivity index is 2.31. The average Bonchev–Trinajstić information content (AvgIpc) is 2.54. The Kier molecular flexibility index (Phi) is 9.62. The highest BCUT2D eigenvalue weighted by Crippen LogP contribution is 2.19. The number of unbranched alkanes of at least 4 members (excludes halogenated alkanes) is 1. The van der Waals surface area contributed by atoms with Gasteiger partial charge >= 0.3 is 0 Å². The van der Waals surface area contributed by atoms with Gasteiger partial charge < -0.3 is 15.4 Å². The summed E-state index contributed by atoms with van der Waals surface area (Å²) in [5.74, 6) is 2.79. The zero-order valence-corrected chi connectivity index (χ0v) is 14.4. The number of methoxy groups -OCH3 is 1. The molecule has 0 spiro atoms. The maximum atomic E-state index is 10.6. The molecule has 7 nitrogen and oxygen atoms in total. The van der Waals surface area contributed by atoms with Gasteiger partial charge in [-0.1, -0.05) is 13.3 Å². The van der Waals surface area contributed by atoms with Gasteiger partial charge in [-0.05, 0) is 18.6 Å². The van der Waals surface area contributed by atoms with E-state index in [-0.39, 0.29) is 0 Å². The first-order valence-corrected chi connectivity index (χ1v) is 8.71. The summed E-state index contributed by atoms with van der Waals surface area (Å²) >= 11 is 1.70. The average molecular weight is 340 g/mol. The quantitative estimate of drug-likeness (QED) is 0.343. The van der Waals surface area contributed by atoms with Gasteiger partial charge in [-0.15, -0.1) is 0 Å². The Morgan fingerprint density at radius 2 is 2.26 bits per heavy atom. The van der Waals surface area contributed by atoms with Crippen LogP contribution in [0.1, 0.15) is 25.5 Å². The Morgan fingerprint density at radius 3 is 2.96 bits per heavy atom. The van der Waals surface area contributed by atoms with Crippen LogP contribution in [0.2, 0.25) is 0 Å². The SMILES string of the molecule is CCCCNC(=C[N+](=O)[O-])NCCSCc1ncccc1OC. The van der Waals surface area contributed by atoms with Crippen LogP contribution in [-0.2, 0) is 5.75 Å². The Labute approximate surface area is 141 Å². The number of thioether (sulfide) groups is 1. The maximum Gasteiger partial charge on any atom is 0.274 e. The Hall–Kier alpha value is -1.96. The van der Waals surface area contributed by atoms with Gasteiger partial charge in [0.2, 0.25) is 0 Å². The molecule has 23 heavy (non-hydrogen) atoms. The predicted molar refractivity (Wildman–Crippen MR) is 92.9 cm³/mol. The fourth-order valence-electron chi connectivity index (χ4n) is 1.80. The van der Waals surface area contributed by atoms with Gasteiger partial charge in [0.05, 0.1) is 17.7 Å². The molecule has 2 N–H and O–H groups in total. The summed E-state index contributed by atoms with van der Waals surface area (Å²) in [6.45, 7) is 3.44. The van der Waals surface area contributed by atoms with E-state index in [2.05, 4.69) is 22.5 Å². The first kappa shape index (κ1) is 19.1. The number of aromatic nitrogens is 1. The number of pyridine rings is 1. The lowest BCUT2D eigenvalue weighted by molar-refractivity contribution is -0.404. The Bertz CT molecular complexity index is 511. The highest BCUT2D eigenvalue weighted by atomic mass is 32.2. The third-order valence-corrected chi connectivity index (χ3v) is 3.92. The zero-order valence-electron chi connectivity index (χ0n) is 13.6. The zero-order chi connectivity index (χ0) is 16.9. The molecule has 0 aliphatic heterocycles. The van der Waals surface area contributed by atoms with Gasteiger partial charge in [0, 0.05) is 30.8 Å². The van der Waals surface area contributed by atoms with E-state index < -0.39 is 4.92 Å². The standard InChI is InChI=1S/C15H24N4O3S/c1-3-4-7-17-15(11-19(20)21)18-9-10-23-12-13-14(22-2)6-5-8-16-13/h5-6,8,11,17-18H,3-4,7,9-10,12H2,1-2H3. The van der Waals surface area contributed by atoms with Crippen molar-refractivity contribution in [2.75, 3.05) is 26.0 Å². The summed E-state index contributed by atoms with van der Waals surface area (Å²) in [6, 6.07) is 3.72. The van der Waals surface area contributed by atoms with Crippen molar-refractivity contribution >= 4 is 11.8 Å². The molecule has 0 atom stereocenters. The van der Waals surface area contributed by atoms with Crippen LogP contribution >= 0.6 is 11.8 Å². The molecule has 0 unspecified atom stereocenters. The van der Waals surface area contributed by atoms with Crippen LogP contribution < -0.4 is 15.4 Å². The number of hydrogen-bond donors (Lipinski definition) is 2. The number of rotatable bonds is 12. The topological polar surface area (TPSA) is 89.3 Å². The molecule has 0 saturated heterocycles. The molecule has 0 fully saturated rings. The van der Waals surface area contributed by atoms with Gasteiger partial charge in [-0.2, -0.15) is 11.8 Å². The molecule has 128 valence electrons. The first-order valence-electron chi connectivity index (χ1n) is 7.56. The third kappa shape index (κ3) is 8.29. The van der Waals surface area contributed by atoms with Crippen molar-refractivity contribution in [3.63, 3.8) is 0 Å². The first-order chi connectivity index (χ1) is 11.2. The number of nitrogens with one attached hydrogen (secondary N) is 2. The second kappa shape index (κ2) is 11.6. The summed E-state index contributed by atoms with van der Waals surface area (Å²) < 4.78 is 5.25. The number of hydrogen-bond acceptors (Lipinski definition) is 7. The molecule has 1 heterocycles. The van der Waals surface area contributed by atoms with E-state index in [0.717, 1.165) is 48.5 Å². The molecular weight excluding hydrogens is 316 g/mol. The van der Waals surface area contributed by atoms with Crippen molar-refractivity contribution in [1.82, 2.24) is 15.6 Å². The van der Waals surface area contributed by atoms with E-state index in [1.165, 1.54) is 0 Å². The molecule has 0 amide bonds. The van der Waals surface area contributed by atoms with Gasteiger partial charge in [0.15, 0.2) is 5.82 Å². The lowest BCUT2D eigenvalue weighted by atomic mass is 10.3. The fraction of sp³-hybridized carbons (Fsp3) is 0.533. The monoisotopic (exact) mass is 340 g/mol.